The molecule has 8 heteroatoms. The van der Waals surface area contributed by atoms with Crippen LogP contribution in [0.4, 0.5) is 5.69 Å². The van der Waals surface area contributed by atoms with Gasteiger partial charge in [-0.3, -0.25) is 9.78 Å². The smallest absolute Gasteiger partial charge is 0.339 e. The van der Waals surface area contributed by atoms with Crippen LogP contribution in [0.25, 0.3) is 22.2 Å². The summed E-state index contributed by atoms with van der Waals surface area (Å²) in [6.07, 6.45) is 3.32. The van der Waals surface area contributed by atoms with Crippen LogP contribution in [0.3, 0.4) is 0 Å². The van der Waals surface area contributed by atoms with Gasteiger partial charge in [-0.15, -0.1) is 0 Å². The van der Waals surface area contributed by atoms with Crippen LogP contribution in [0, 0.1) is 0 Å². The van der Waals surface area contributed by atoms with Gasteiger partial charge in [0.15, 0.2) is 18.1 Å². The van der Waals surface area contributed by atoms with Gasteiger partial charge in [-0.1, -0.05) is 18.2 Å². The number of nitrogens with zero attached hydrogens (tertiary/aromatic N) is 2. The largest absolute Gasteiger partial charge is 0.486 e. The van der Waals surface area contributed by atoms with Crippen molar-refractivity contribution < 1.29 is 23.8 Å². The number of anilines is 1. The average molecular weight is 441 g/mol. The number of carbonyl (C=O) groups excluding carboxylic acids is 2. The van der Waals surface area contributed by atoms with Crippen LogP contribution in [-0.4, -0.2) is 41.7 Å². The third-order valence-corrected chi connectivity index (χ3v) is 5.07. The molecule has 0 saturated heterocycles. The maximum Gasteiger partial charge on any atom is 0.339 e. The Morgan fingerprint density at radius 2 is 1.73 bits per heavy atom. The zero-order chi connectivity index (χ0) is 22.6. The second-order valence-electron chi connectivity index (χ2n) is 7.29. The molecule has 0 radical (unpaired) electrons. The molecule has 0 unspecified atom stereocenters. The Bertz CT molecular complexity index is 1340. The van der Waals surface area contributed by atoms with Gasteiger partial charge in [-0.05, 0) is 36.4 Å². The summed E-state index contributed by atoms with van der Waals surface area (Å²) in [5.41, 5.74) is 2.94. The molecule has 1 N–H and O–H groups in total. The molecule has 0 atom stereocenters. The summed E-state index contributed by atoms with van der Waals surface area (Å²) in [5, 5.41) is 3.35. The van der Waals surface area contributed by atoms with Crippen molar-refractivity contribution in [3.05, 3.63) is 78.6 Å². The lowest BCUT2D eigenvalue weighted by Gasteiger charge is -2.19. The SMILES string of the molecule is O=C(COC(=O)c1cc(-c2ccncc2)nc2ccccc12)Nc1ccc2c(c1)OCCO2. The second-order valence-corrected chi connectivity index (χ2v) is 7.29. The summed E-state index contributed by atoms with van der Waals surface area (Å²) in [4.78, 5) is 34.0. The maximum atomic E-state index is 12.9. The number of ether oxygens (including phenoxy) is 3. The first-order valence-electron chi connectivity index (χ1n) is 10.3. The average Bonchev–Trinajstić information content (AvgIpc) is 2.87. The fraction of sp³-hybridized carbons (Fsp3) is 0.120. The molecule has 2 aromatic heterocycles. The van der Waals surface area contributed by atoms with Gasteiger partial charge >= 0.3 is 5.97 Å². The van der Waals surface area contributed by atoms with Crippen LogP contribution in [0.5, 0.6) is 11.5 Å². The van der Waals surface area contributed by atoms with Crippen molar-refractivity contribution in [2.75, 3.05) is 25.1 Å². The highest BCUT2D eigenvalue weighted by Gasteiger charge is 2.17. The predicted molar refractivity (Wildman–Crippen MR) is 121 cm³/mol. The molecule has 1 amide bonds. The van der Waals surface area contributed by atoms with Crippen LogP contribution >= 0.6 is 0 Å². The Morgan fingerprint density at radius 3 is 2.58 bits per heavy atom. The van der Waals surface area contributed by atoms with Gasteiger partial charge in [-0.2, -0.15) is 0 Å². The van der Waals surface area contributed by atoms with Crippen LogP contribution in [0.1, 0.15) is 10.4 Å². The Kier molecular flexibility index (Phi) is 5.55. The molecule has 0 aliphatic carbocycles. The third kappa shape index (κ3) is 4.45. The van der Waals surface area contributed by atoms with E-state index in [0.29, 0.717) is 52.6 Å². The highest BCUT2D eigenvalue weighted by atomic mass is 16.6. The lowest BCUT2D eigenvalue weighted by Crippen LogP contribution is -2.21. The van der Waals surface area contributed by atoms with Gasteiger partial charge in [0.25, 0.3) is 5.91 Å². The number of para-hydroxylation sites is 1. The summed E-state index contributed by atoms with van der Waals surface area (Å²) in [5.74, 6) is 0.108. The van der Waals surface area contributed by atoms with Crippen molar-refractivity contribution >= 4 is 28.5 Å². The van der Waals surface area contributed by atoms with Gasteiger partial charge in [-0.25, -0.2) is 9.78 Å². The van der Waals surface area contributed by atoms with E-state index in [9.17, 15) is 9.59 Å². The molecule has 3 heterocycles. The summed E-state index contributed by atoms with van der Waals surface area (Å²) in [7, 11) is 0. The normalized spacial score (nSPS) is 12.2. The van der Waals surface area contributed by atoms with Crippen molar-refractivity contribution in [2.24, 2.45) is 0 Å². The first-order chi connectivity index (χ1) is 16.2. The molecular weight excluding hydrogens is 422 g/mol. The number of hydrogen-bond acceptors (Lipinski definition) is 7. The molecule has 8 nitrogen and oxygen atoms in total. The number of esters is 1. The van der Waals surface area contributed by atoms with Crippen LogP contribution in [0.15, 0.2) is 73.1 Å². The van der Waals surface area contributed by atoms with Crippen molar-refractivity contribution in [3.63, 3.8) is 0 Å². The minimum absolute atomic E-state index is 0.333. The molecule has 0 fully saturated rings. The number of rotatable bonds is 5. The fourth-order valence-corrected chi connectivity index (χ4v) is 3.54. The standard InChI is InChI=1S/C25H19N3O5/c29-24(27-17-5-6-22-23(13-17)32-12-11-31-22)15-33-25(30)19-14-21(16-7-9-26-10-8-16)28-20-4-2-1-3-18(19)20/h1-10,13-14H,11-12,15H2,(H,27,29). The number of benzene rings is 2. The van der Waals surface area contributed by atoms with E-state index < -0.39 is 18.5 Å². The molecular formula is C25H19N3O5. The topological polar surface area (TPSA) is 99.6 Å². The predicted octanol–water partition coefficient (Wildman–Crippen LogP) is 3.86. The van der Waals surface area contributed by atoms with E-state index in [1.165, 1.54) is 0 Å². The molecule has 0 spiro atoms. The molecule has 0 saturated carbocycles. The van der Waals surface area contributed by atoms with E-state index in [1.807, 2.05) is 30.3 Å². The molecule has 4 aromatic rings. The zero-order valence-electron chi connectivity index (χ0n) is 17.5. The molecule has 2 aromatic carbocycles. The number of fused-ring (bicyclic) bond motifs is 2. The van der Waals surface area contributed by atoms with Gasteiger partial charge in [0, 0.05) is 35.1 Å². The summed E-state index contributed by atoms with van der Waals surface area (Å²) in [6.45, 7) is 0.499. The first kappa shape index (κ1) is 20.4. The number of hydrogen-bond donors (Lipinski definition) is 1. The van der Waals surface area contributed by atoms with Gasteiger partial charge in [0.1, 0.15) is 13.2 Å². The fourth-order valence-electron chi connectivity index (χ4n) is 3.54. The molecule has 1 aliphatic rings. The molecule has 5 rings (SSSR count). The molecule has 0 bridgehead atoms. The van der Waals surface area contributed by atoms with Crippen molar-refractivity contribution in [1.29, 1.82) is 0 Å². The maximum absolute atomic E-state index is 12.9. The highest BCUT2D eigenvalue weighted by Crippen LogP contribution is 2.32. The monoisotopic (exact) mass is 441 g/mol. The summed E-state index contributed by atoms with van der Waals surface area (Å²) < 4.78 is 16.3. The lowest BCUT2D eigenvalue weighted by molar-refractivity contribution is -0.119. The molecule has 1 aliphatic heterocycles. The van der Waals surface area contributed by atoms with Gasteiger partial charge < -0.3 is 19.5 Å². The van der Waals surface area contributed by atoms with Crippen molar-refractivity contribution in [2.45, 2.75) is 0 Å². The summed E-state index contributed by atoms with van der Waals surface area (Å²) >= 11 is 0. The first-order valence-corrected chi connectivity index (χ1v) is 10.3. The van der Waals surface area contributed by atoms with Crippen molar-refractivity contribution in [1.82, 2.24) is 9.97 Å². The lowest BCUT2D eigenvalue weighted by atomic mass is 10.0. The molecule has 164 valence electrons. The molecule has 33 heavy (non-hydrogen) atoms. The number of aromatic nitrogens is 2. The van der Waals surface area contributed by atoms with E-state index >= 15 is 0 Å². The van der Waals surface area contributed by atoms with Crippen LogP contribution in [0.2, 0.25) is 0 Å². The van der Waals surface area contributed by atoms with Gasteiger partial charge in [0.2, 0.25) is 0 Å². The van der Waals surface area contributed by atoms with E-state index in [0.717, 1.165) is 5.56 Å². The third-order valence-electron chi connectivity index (χ3n) is 5.07. The quantitative estimate of drug-likeness (QED) is 0.470. The minimum Gasteiger partial charge on any atom is -0.486 e. The highest BCUT2D eigenvalue weighted by molar-refractivity contribution is 6.05. The van der Waals surface area contributed by atoms with Gasteiger partial charge in [0.05, 0.1) is 16.8 Å². The van der Waals surface area contributed by atoms with E-state index in [2.05, 4.69) is 15.3 Å². The number of carbonyl (C=O) groups is 2. The zero-order valence-corrected chi connectivity index (χ0v) is 17.5. The van der Waals surface area contributed by atoms with Crippen molar-refractivity contribution in [3.8, 4) is 22.8 Å². The second kappa shape index (κ2) is 8.96. The number of nitrogens with one attached hydrogen (secondary N) is 1. The Balaban J connectivity index is 1.32. The van der Waals surface area contributed by atoms with Crippen LogP contribution < -0.4 is 14.8 Å². The van der Waals surface area contributed by atoms with Crippen LogP contribution in [-0.2, 0) is 9.53 Å². The number of pyridine rings is 2. The van der Waals surface area contributed by atoms with E-state index in [-0.39, 0.29) is 0 Å². The number of amides is 1. The minimum atomic E-state index is -0.610. The Morgan fingerprint density at radius 1 is 0.939 bits per heavy atom. The van der Waals surface area contributed by atoms with E-state index in [4.69, 9.17) is 14.2 Å². The van der Waals surface area contributed by atoms with E-state index in [1.54, 1.807) is 42.7 Å². The summed E-state index contributed by atoms with van der Waals surface area (Å²) in [6, 6.07) is 17.7. The Hall–Kier alpha value is -4.46. The Labute approximate surface area is 189 Å².